The van der Waals surface area contributed by atoms with Gasteiger partial charge >= 0.3 is 11.9 Å². The number of hydrogen-bond acceptors (Lipinski definition) is 4. The highest BCUT2D eigenvalue weighted by Gasteiger charge is 2.09. The van der Waals surface area contributed by atoms with Crippen LogP contribution in [0.1, 0.15) is 118 Å². The molecule has 4 heteroatoms. The molecule has 0 saturated carbocycles. The lowest BCUT2D eigenvalue weighted by Crippen LogP contribution is -2.11. The third-order valence-electron chi connectivity index (χ3n) is 4.55. The Morgan fingerprint density at radius 1 is 0.538 bits per heavy atom. The third kappa shape index (κ3) is 19.3. The summed E-state index contributed by atoms with van der Waals surface area (Å²) in [5.41, 5.74) is 0. The quantitative estimate of drug-likeness (QED) is 0.171. The van der Waals surface area contributed by atoms with E-state index in [1.807, 2.05) is 0 Å². The van der Waals surface area contributed by atoms with Crippen LogP contribution in [0.15, 0.2) is 0 Å². The smallest absolute Gasteiger partial charge is 0.247 e. The van der Waals surface area contributed by atoms with Crippen molar-refractivity contribution < 1.29 is 19.4 Å². The van der Waals surface area contributed by atoms with E-state index < -0.39 is 11.9 Å². The molecule has 26 heavy (non-hydrogen) atoms. The van der Waals surface area contributed by atoms with Crippen molar-refractivity contribution in [1.82, 2.24) is 0 Å². The van der Waals surface area contributed by atoms with Gasteiger partial charge in [-0.1, -0.05) is 91.9 Å². The molecule has 0 bridgehead atoms. The fourth-order valence-corrected chi connectivity index (χ4v) is 2.88. The van der Waals surface area contributed by atoms with Gasteiger partial charge in [-0.15, -0.1) is 0 Å². The molecule has 0 unspecified atom stereocenters. The van der Waals surface area contributed by atoms with Crippen molar-refractivity contribution in [3.8, 4) is 0 Å². The van der Waals surface area contributed by atoms with E-state index in [0.717, 1.165) is 44.4 Å². The van der Waals surface area contributed by atoms with Gasteiger partial charge in [0.15, 0.2) is 0 Å². The second kappa shape index (κ2) is 17.4. The average molecular weight is 371 g/mol. The molecule has 0 saturated heterocycles. The molecule has 154 valence electrons. The minimum Gasteiger partial charge on any atom is -0.247 e. The van der Waals surface area contributed by atoms with Crippen LogP contribution in [0.25, 0.3) is 0 Å². The molecule has 4 nitrogen and oxygen atoms in total. The summed E-state index contributed by atoms with van der Waals surface area (Å²) in [5, 5.41) is 0. The summed E-state index contributed by atoms with van der Waals surface area (Å²) in [7, 11) is 0. The molecule has 0 rings (SSSR count). The van der Waals surface area contributed by atoms with Crippen molar-refractivity contribution in [2.45, 2.75) is 118 Å². The number of carbonyl (C=O) groups excluding carboxylic acids is 2. The number of hydrogen-bond donors (Lipinski definition) is 0. The molecule has 0 N–H and O–H groups in total. The number of unbranched alkanes of at least 4 members (excludes halogenated alkanes) is 8. The molecule has 0 aromatic heterocycles. The maximum atomic E-state index is 11.5. The molecule has 0 aliphatic heterocycles. The topological polar surface area (TPSA) is 52.6 Å². The molecular weight excluding hydrogens is 328 g/mol. The van der Waals surface area contributed by atoms with E-state index in [1.165, 1.54) is 38.5 Å². The van der Waals surface area contributed by atoms with Gasteiger partial charge in [0.05, 0.1) is 12.8 Å². The highest BCUT2D eigenvalue weighted by atomic mass is 17.2. The van der Waals surface area contributed by atoms with Crippen LogP contribution in [-0.2, 0) is 19.4 Å². The molecule has 0 spiro atoms. The molecule has 0 aliphatic carbocycles. The molecule has 0 amide bonds. The fraction of sp³-hybridized carbons (Fsp3) is 0.909. The molecule has 0 atom stereocenters. The molecule has 0 aromatic carbocycles. The summed E-state index contributed by atoms with van der Waals surface area (Å²) < 4.78 is 0. The van der Waals surface area contributed by atoms with Crippen LogP contribution in [-0.4, -0.2) is 11.9 Å². The molecular formula is C22H42O4. The van der Waals surface area contributed by atoms with Gasteiger partial charge in [-0.25, -0.2) is 19.4 Å². The first-order chi connectivity index (χ1) is 12.4. The molecule has 0 fully saturated rings. The Bertz CT molecular complexity index is 350. The first-order valence-electron chi connectivity index (χ1n) is 10.8. The Morgan fingerprint density at radius 3 is 1.23 bits per heavy atom. The van der Waals surface area contributed by atoms with E-state index in [0.29, 0.717) is 18.8 Å². The average Bonchev–Trinajstić information content (AvgIpc) is 2.57. The van der Waals surface area contributed by atoms with Crippen molar-refractivity contribution in [2.24, 2.45) is 11.8 Å². The van der Waals surface area contributed by atoms with Gasteiger partial charge in [-0.3, -0.25) is 0 Å². The maximum absolute atomic E-state index is 11.5. The third-order valence-corrected chi connectivity index (χ3v) is 4.55. The van der Waals surface area contributed by atoms with E-state index >= 15 is 0 Å². The van der Waals surface area contributed by atoms with Crippen LogP contribution in [0.3, 0.4) is 0 Å². The van der Waals surface area contributed by atoms with Gasteiger partial charge in [0, 0.05) is 0 Å². The summed E-state index contributed by atoms with van der Waals surface area (Å²) in [6, 6.07) is 0. The Hall–Kier alpha value is -1.06. The van der Waals surface area contributed by atoms with Gasteiger partial charge in [0.25, 0.3) is 0 Å². The SMILES string of the molecule is CC(C)CCCCCCCCCC(=O)OOC(=O)CCCCCC(C)C. The lowest BCUT2D eigenvalue weighted by molar-refractivity contribution is -0.259. The minimum absolute atomic E-state index is 0.322. The van der Waals surface area contributed by atoms with Crippen LogP contribution in [0.4, 0.5) is 0 Å². The summed E-state index contributed by atoms with van der Waals surface area (Å²) in [6.45, 7) is 8.93. The predicted octanol–water partition coefficient (Wildman–Crippen LogP) is 6.76. The lowest BCUT2D eigenvalue weighted by atomic mass is 10.0. The zero-order valence-corrected chi connectivity index (χ0v) is 17.7. The summed E-state index contributed by atoms with van der Waals surface area (Å²) >= 11 is 0. The van der Waals surface area contributed by atoms with E-state index in [-0.39, 0.29) is 0 Å². The van der Waals surface area contributed by atoms with Crippen molar-refractivity contribution in [2.75, 3.05) is 0 Å². The van der Waals surface area contributed by atoms with Gasteiger partial charge in [-0.2, -0.15) is 0 Å². The highest BCUT2D eigenvalue weighted by Crippen LogP contribution is 2.13. The van der Waals surface area contributed by atoms with Gasteiger partial charge < -0.3 is 0 Å². The van der Waals surface area contributed by atoms with Gasteiger partial charge in [-0.05, 0) is 24.7 Å². The molecule has 0 aliphatic rings. The Balaban J connectivity index is 3.36. The zero-order valence-electron chi connectivity index (χ0n) is 17.7. The Morgan fingerprint density at radius 2 is 0.846 bits per heavy atom. The molecule has 0 heterocycles. The van der Waals surface area contributed by atoms with Crippen LogP contribution in [0.5, 0.6) is 0 Å². The van der Waals surface area contributed by atoms with E-state index in [9.17, 15) is 9.59 Å². The van der Waals surface area contributed by atoms with Crippen LogP contribution in [0.2, 0.25) is 0 Å². The fourth-order valence-electron chi connectivity index (χ4n) is 2.88. The standard InChI is InChI=1S/C22H42O4/c1-19(2)15-11-8-6-5-7-9-13-17-21(23)25-26-22(24)18-14-10-12-16-20(3)4/h19-20H,5-18H2,1-4H3. The number of rotatable bonds is 16. The summed E-state index contributed by atoms with van der Waals surface area (Å²) in [6.07, 6.45) is 14.2. The summed E-state index contributed by atoms with van der Waals surface area (Å²) in [5.74, 6) is 0.632. The largest absolute Gasteiger partial charge is 0.355 e. The van der Waals surface area contributed by atoms with Crippen molar-refractivity contribution in [3.63, 3.8) is 0 Å². The minimum atomic E-state index is -0.440. The van der Waals surface area contributed by atoms with Crippen LogP contribution < -0.4 is 0 Å². The van der Waals surface area contributed by atoms with Crippen LogP contribution >= 0.6 is 0 Å². The normalized spacial score (nSPS) is 11.2. The molecule has 0 aromatic rings. The van der Waals surface area contributed by atoms with Crippen molar-refractivity contribution >= 4 is 11.9 Å². The monoisotopic (exact) mass is 370 g/mol. The Labute approximate surface area is 161 Å². The summed E-state index contributed by atoms with van der Waals surface area (Å²) in [4.78, 5) is 32.2. The van der Waals surface area contributed by atoms with E-state index in [2.05, 4.69) is 37.5 Å². The first kappa shape index (κ1) is 24.9. The van der Waals surface area contributed by atoms with Gasteiger partial charge in [0.2, 0.25) is 0 Å². The second-order valence-corrected chi connectivity index (χ2v) is 8.31. The van der Waals surface area contributed by atoms with Crippen LogP contribution in [0, 0.1) is 11.8 Å². The first-order valence-corrected chi connectivity index (χ1v) is 10.8. The zero-order chi connectivity index (χ0) is 19.6. The van der Waals surface area contributed by atoms with Crippen molar-refractivity contribution in [3.05, 3.63) is 0 Å². The maximum Gasteiger partial charge on any atom is 0.355 e. The van der Waals surface area contributed by atoms with E-state index in [1.54, 1.807) is 0 Å². The van der Waals surface area contributed by atoms with Gasteiger partial charge in [0.1, 0.15) is 0 Å². The highest BCUT2D eigenvalue weighted by molar-refractivity contribution is 5.72. The number of carbonyl (C=O) groups is 2. The second-order valence-electron chi connectivity index (χ2n) is 8.31. The van der Waals surface area contributed by atoms with E-state index in [4.69, 9.17) is 0 Å². The predicted molar refractivity (Wildman–Crippen MR) is 106 cm³/mol. The lowest BCUT2D eigenvalue weighted by Gasteiger charge is -2.05. The Kier molecular flexibility index (Phi) is 16.7. The molecule has 0 radical (unpaired) electrons. The van der Waals surface area contributed by atoms with Crippen molar-refractivity contribution in [1.29, 1.82) is 0 Å².